The molecule has 1 atom stereocenters. The number of nitrogens with zero attached hydrogens (tertiary/aromatic N) is 4. The van der Waals surface area contributed by atoms with Crippen LogP contribution in [0.3, 0.4) is 0 Å². The highest BCUT2D eigenvalue weighted by Gasteiger charge is 2.28. The van der Waals surface area contributed by atoms with E-state index < -0.39 is 0 Å². The summed E-state index contributed by atoms with van der Waals surface area (Å²) in [6, 6.07) is 5.92. The van der Waals surface area contributed by atoms with Crippen LogP contribution in [0.4, 0.5) is 0 Å². The topological polar surface area (TPSA) is 78.3 Å². The molecule has 7 heteroatoms. The maximum atomic E-state index is 11.9. The normalized spacial score (nSPS) is 17.7. The van der Waals surface area contributed by atoms with Crippen molar-refractivity contribution in [1.29, 1.82) is 0 Å². The van der Waals surface area contributed by atoms with Gasteiger partial charge in [0.15, 0.2) is 0 Å². The van der Waals surface area contributed by atoms with E-state index >= 15 is 0 Å². The smallest absolute Gasteiger partial charge is 0.222 e. The number of amides is 1. The Hall–Kier alpha value is -1.72. The monoisotopic (exact) mass is 352 g/mol. The Bertz CT molecular complexity index is 572. The molecule has 1 fully saturated rings. The Kier molecular flexibility index (Phi) is 5.47. The van der Waals surface area contributed by atoms with Crippen LogP contribution in [0.1, 0.15) is 12.0 Å². The van der Waals surface area contributed by atoms with E-state index in [-0.39, 0.29) is 11.8 Å². The van der Waals surface area contributed by atoms with Crippen LogP contribution < -0.4 is 4.74 Å². The number of carbonyl (C=O) groups is 1. The zero-order valence-electron chi connectivity index (χ0n) is 11.8. The van der Waals surface area contributed by atoms with Crippen molar-refractivity contribution in [2.24, 2.45) is 11.0 Å². The molecule has 1 saturated heterocycles. The molecule has 1 aliphatic heterocycles. The molecular weight excluding hydrogens is 336 g/mol. The summed E-state index contributed by atoms with van der Waals surface area (Å²) < 4.78 is 6.11. The van der Waals surface area contributed by atoms with E-state index in [1.807, 2.05) is 23.1 Å². The van der Waals surface area contributed by atoms with E-state index in [2.05, 4.69) is 26.0 Å². The van der Waals surface area contributed by atoms with E-state index in [9.17, 15) is 4.79 Å². The van der Waals surface area contributed by atoms with Gasteiger partial charge in [-0.25, -0.2) is 0 Å². The fourth-order valence-electron chi connectivity index (χ4n) is 2.47. The van der Waals surface area contributed by atoms with E-state index in [1.54, 1.807) is 7.11 Å². The lowest BCUT2D eigenvalue weighted by molar-refractivity contribution is -0.127. The van der Waals surface area contributed by atoms with Crippen molar-refractivity contribution < 1.29 is 9.53 Å². The number of halogens is 1. The van der Waals surface area contributed by atoms with Gasteiger partial charge in [-0.1, -0.05) is 11.2 Å². The molecule has 0 spiro atoms. The van der Waals surface area contributed by atoms with Crippen LogP contribution >= 0.6 is 15.9 Å². The van der Waals surface area contributed by atoms with E-state index in [4.69, 9.17) is 10.3 Å². The predicted octanol–water partition coefficient (Wildman–Crippen LogP) is 3.16. The molecule has 0 bridgehead atoms. The lowest BCUT2D eigenvalue weighted by atomic mass is 10.1. The lowest BCUT2D eigenvalue weighted by Gasteiger charge is -2.16. The van der Waals surface area contributed by atoms with Gasteiger partial charge in [0.1, 0.15) is 5.75 Å². The molecule has 0 aliphatic carbocycles. The first-order valence-corrected chi connectivity index (χ1v) is 7.54. The number of benzene rings is 1. The minimum absolute atomic E-state index is 0.140. The average Bonchev–Trinajstić information content (AvgIpc) is 2.83. The second kappa shape index (κ2) is 7.33. The zero-order valence-corrected chi connectivity index (χ0v) is 13.4. The van der Waals surface area contributed by atoms with Crippen molar-refractivity contribution >= 4 is 21.8 Å². The van der Waals surface area contributed by atoms with Crippen molar-refractivity contribution in [2.75, 3.05) is 26.7 Å². The fraction of sp³-hybridized carbons (Fsp3) is 0.500. The van der Waals surface area contributed by atoms with Crippen LogP contribution in [-0.2, 0) is 11.2 Å². The predicted molar refractivity (Wildman–Crippen MR) is 83.1 cm³/mol. The van der Waals surface area contributed by atoms with E-state index in [1.165, 1.54) is 0 Å². The number of rotatable bonds is 6. The maximum Gasteiger partial charge on any atom is 0.222 e. The maximum absolute atomic E-state index is 11.9. The molecule has 21 heavy (non-hydrogen) atoms. The fourth-order valence-corrected chi connectivity index (χ4v) is 3.06. The minimum atomic E-state index is 0.140. The molecular formula is C14H17BrN4O2. The van der Waals surface area contributed by atoms with Gasteiger partial charge in [0.25, 0.3) is 0 Å². The van der Waals surface area contributed by atoms with Crippen LogP contribution in [0.5, 0.6) is 5.75 Å². The Morgan fingerprint density at radius 2 is 2.38 bits per heavy atom. The lowest BCUT2D eigenvalue weighted by Crippen LogP contribution is -2.27. The quantitative estimate of drug-likeness (QED) is 0.447. The van der Waals surface area contributed by atoms with Crippen molar-refractivity contribution in [3.63, 3.8) is 0 Å². The Balaban J connectivity index is 1.89. The summed E-state index contributed by atoms with van der Waals surface area (Å²) in [6.07, 6.45) is 1.27. The number of azide groups is 1. The summed E-state index contributed by atoms with van der Waals surface area (Å²) in [7, 11) is 1.63. The van der Waals surface area contributed by atoms with Crippen molar-refractivity contribution in [3.8, 4) is 5.75 Å². The standard InChI is InChI=1S/C14H17BrN4O2/c1-21-13-3-2-10(6-12(13)15)4-5-19-9-11(7-14(19)20)8-17-18-16/h2-3,6,11H,4-5,7-9H2,1H3. The van der Waals surface area contributed by atoms with Crippen molar-refractivity contribution in [3.05, 3.63) is 38.7 Å². The van der Waals surface area contributed by atoms with Crippen LogP contribution in [-0.4, -0.2) is 37.6 Å². The number of carbonyl (C=O) groups excluding carboxylic acids is 1. The molecule has 1 heterocycles. The highest BCUT2D eigenvalue weighted by atomic mass is 79.9. The van der Waals surface area contributed by atoms with Gasteiger partial charge in [-0.3, -0.25) is 4.79 Å². The van der Waals surface area contributed by atoms with Gasteiger partial charge in [0.2, 0.25) is 5.91 Å². The molecule has 1 unspecified atom stereocenters. The molecule has 0 aromatic heterocycles. The molecule has 6 nitrogen and oxygen atoms in total. The second-order valence-corrected chi connectivity index (χ2v) is 5.90. The number of hydrogen-bond acceptors (Lipinski definition) is 3. The van der Waals surface area contributed by atoms with Gasteiger partial charge in [0, 0.05) is 31.0 Å². The van der Waals surface area contributed by atoms with Crippen molar-refractivity contribution in [2.45, 2.75) is 12.8 Å². The number of likely N-dealkylation sites (tertiary alicyclic amines) is 1. The minimum Gasteiger partial charge on any atom is -0.496 e. The molecule has 1 aromatic rings. The third-order valence-electron chi connectivity index (χ3n) is 3.58. The summed E-state index contributed by atoms with van der Waals surface area (Å²) in [4.78, 5) is 16.5. The first kappa shape index (κ1) is 15.7. The van der Waals surface area contributed by atoms with Gasteiger partial charge in [-0.15, -0.1) is 0 Å². The van der Waals surface area contributed by atoms with Crippen LogP contribution in [0, 0.1) is 5.92 Å². The molecule has 0 radical (unpaired) electrons. The first-order chi connectivity index (χ1) is 10.1. The number of ether oxygens (including phenoxy) is 1. The van der Waals surface area contributed by atoms with Crippen LogP contribution in [0.2, 0.25) is 0 Å². The molecule has 0 N–H and O–H groups in total. The summed E-state index contributed by atoms with van der Waals surface area (Å²) in [5.41, 5.74) is 9.47. The average molecular weight is 353 g/mol. The van der Waals surface area contributed by atoms with E-state index in [0.717, 1.165) is 22.2 Å². The van der Waals surface area contributed by atoms with E-state index in [0.29, 0.717) is 26.1 Å². The SMILES string of the molecule is COc1ccc(CCN2CC(CN=[N+]=[N-])CC2=O)cc1Br. The largest absolute Gasteiger partial charge is 0.496 e. The van der Waals surface area contributed by atoms with Gasteiger partial charge >= 0.3 is 0 Å². The van der Waals surface area contributed by atoms with Crippen molar-refractivity contribution in [1.82, 2.24) is 4.90 Å². The summed E-state index contributed by atoms with van der Waals surface area (Å²) >= 11 is 3.46. The van der Waals surface area contributed by atoms with Crippen LogP contribution in [0.15, 0.2) is 27.8 Å². The second-order valence-electron chi connectivity index (χ2n) is 5.04. The summed E-state index contributed by atoms with van der Waals surface area (Å²) in [5.74, 6) is 1.09. The summed E-state index contributed by atoms with van der Waals surface area (Å²) in [6.45, 7) is 1.76. The van der Waals surface area contributed by atoms with Gasteiger partial charge in [0.05, 0.1) is 11.6 Å². The van der Waals surface area contributed by atoms with Gasteiger partial charge in [-0.05, 0) is 51.5 Å². The summed E-state index contributed by atoms with van der Waals surface area (Å²) in [5, 5.41) is 3.55. The number of methoxy groups -OCH3 is 1. The number of hydrogen-bond donors (Lipinski definition) is 0. The molecule has 112 valence electrons. The van der Waals surface area contributed by atoms with Gasteiger partial charge in [-0.2, -0.15) is 0 Å². The van der Waals surface area contributed by atoms with Gasteiger partial charge < -0.3 is 9.64 Å². The molecule has 1 aromatic carbocycles. The molecule has 2 rings (SSSR count). The Labute approximate surface area is 131 Å². The Morgan fingerprint density at radius 3 is 3.05 bits per heavy atom. The molecule has 1 aliphatic rings. The third kappa shape index (κ3) is 4.12. The zero-order chi connectivity index (χ0) is 15.2. The Morgan fingerprint density at radius 1 is 1.57 bits per heavy atom. The van der Waals surface area contributed by atoms with Crippen LogP contribution in [0.25, 0.3) is 10.4 Å². The highest BCUT2D eigenvalue weighted by molar-refractivity contribution is 9.10. The molecule has 1 amide bonds. The highest BCUT2D eigenvalue weighted by Crippen LogP contribution is 2.26. The third-order valence-corrected chi connectivity index (χ3v) is 4.20. The first-order valence-electron chi connectivity index (χ1n) is 6.75. The molecule has 0 saturated carbocycles.